The summed E-state index contributed by atoms with van der Waals surface area (Å²) in [6.45, 7) is 2.38. The molecule has 1 heterocycles. The number of hydrogen-bond acceptors (Lipinski definition) is 4. The first kappa shape index (κ1) is 19.1. The fraction of sp³-hybridized carbons (Fsp3) is 0.167. The van der Waals surface area contributed by atoms with Gasteiger partial charge >= 0.3 is 0 Å². The highest BCUT2D eigenvalue weighted by atomic mass is 79.9. The molecule has 134 valence electrons. The zero-order valence-corrected chi connectivity index (χ0v) is 17.8. The molecule has 0 atom stereocenters. The maximum absolute atomic E-state index is 12.7. The largest absolute Gasteiger partial charge is 0.325 e. The van der Waals surface area contributed by atoms with Crippen LogP contribution in [0.15, 0.2) is 61.4 Å². The van der Waals surface area contributed by atoms with E-state index in [0.717, 1.165) is 14.6 Å². The molecule has 5 nitrogen and oxygen atoms in total. The van der Waals surface area contributed by atoms with Gasteiger partial charge in [-0.3, -0.25) is 14.2 Å². The molecule has 26 heavy (non-hydrogen) atoms. The molecule has 0 radical (unpaired) electrons. The highest BCUT2D eigenvalue weighted by molar-refractivity contribution is 9.10. The molecular weight excluding hydrogens is 482 g/mol. The Morgan fingerprint density at radius 1 is 1.15 bits per heavy atom. The first-order valence-electron chi connectivity index (χ1n) is 7.86. The number of nitrogens with one attached hydrogen (secondary N) is 1. The Morgan fingerprint density at radius 3 is 2.54 bits per heavy atom. The minimum Gasteiger partial charge on any atom is -0.325 e. The summed E-state index contributed by atoms with van der Waals surface area (Å²) in [4.78, 5) is 29.4. The van der Waals surface area contributed by atoms with Gasteiger partial charge in [0, 0.05) is 21.2 Å². The Bertz CT molecular complexity index is 1020. The molecular formula is C18H15Br2N3O2S. The van der Waals surface area contributed by atoms with Crippen molar-refractivity contribution >= 4 is 66.1 Å². The second-order valence-corrected chi connectivity index (χ2v) is 8.22. The molecule has 1 amide bonds. The fourth-order valence-electron chi connectivity index (χ4n) is 2.42. The van der Waals surface area contributed by atoms with Crippen LogP contribution in [0, 0.1) is 0 Å². The monoisotopic (exact) mass is 495 g/mol. The summed E-state index contributed by atoms with van der Waals surface area (Å²) in [5.74, 6) is 0.0231. The number of aromatic nitrogens is 2. The molecule has 0 aliphatic rings. The maximum Gasteiger partial charge on any atom is 0.262 e. The Morgan fingerprint density at radius 2 is 1.85 bits per heavy atom. The van der Waals surface area contributed by atoms with Crippen molar-refractivity contribution in [2.45, 2.75) is 18.6 Å². The molecule has 0 aliphatic carbocycles. The summed E-state index contributed by atoms with van der Waals surface area (Å²) in [6, 6.07) is 12.8. The Balaban J connectivity index is 1.79. The molecule has 3 aromatic rings. The molecule has 0 unspecified atom stereocenters. The summed E-state index contributed by atoms with van der Waals surface area (Å²) < 4.78 is 3.37. The number of rotatable bonds is 5. The third-order valence-electron chi connectivity index (χ3n) is 3.66. The molecule has 0 saturated heterocycles. The third-order valence-corrected chi connectivity index (χ3v) is 5.66. The smallest absolute Gasteiger partial charge is 0.262 e. The highest BCUT2D eigenvalue weighted by Gasteiger charge is 2.13. The summed E-state index contributed by atoms with van der Waals surface area (Å²) in [5, 5.41) is 3.93. The molecule has 0 saturated carbocycles. The lowest BCUT2D eigenvalue weighted by atomic mass is 10.2. The van der Waals surface area contributed by atoms with Gasteiger partial charge in [-0.1, -0.05) is 43.6 Å². The molecule has 2 aromatic carbocycles. The quantitative estimate of drug-likeness (QED) is 0.411. The number of halogens is 2. The van der Waals surface area contributed by atoms with Crippen LogP contribution in [0.25, 0.3) is 10.9 Å². The van der Waals surface area contributed by atoms with Crippen LogP contribution >= 0.6 is 43.6 Å². The van der Waals surface area contributed by atoms with Gasteiger partial charge in [0.2, 0.25) is 5.91 Å². The lowest BCUT2D eigenvalue weighted by Gasteiger charge is -2.11. The van der Waals surface area contributed by atoms with Crippen molar-refractivity contribution in [3.05, 3.63) is 61.8 Å². The van der Waals surface area contributed by atoms with E-state index in [1.807, 2.05) is 37.3 Å². The Kier molecular flexibility index (Phi) is 6.16. The summed E-state index contributed by atoms with van der Waals surface area (Å²) in [5.41, 5.74) is 1.25. The van der Waals surface area contributed by atoms with Crippen molar-refractivity contribution in [2.24, 2.45) is 0 Å². The van der Waals surface area contributed by atoms with E-state index in [-0.39, 0.29) is 17.2 Å². The van der Waals surface area contributed by atoms with Crippen molar-refractivity contribution in [3.8, 4) is 0 Å². The fourth-order valence-corrected chi connectivity index (χ4v) is 3.91. The van der Waals surface area contributed by atoms with Crippen molar-refractivity contribution in [3.63, 3.8) is 0 Å². The number of nitrogens with zero attached hydrogens (tertiary/aromatic N) is 2. The minimum absolute atomic E-state index is 0.102. The van der Waals surface area contributed by atoms with Crippen molar-refractivity contribution in [1.82, 2.24) is 9.55 Å². The predicted octanol–water partition coefficient (Wildman–Crippen LogP) is 4.67. The number of carbonyl (C=O) groups excluding carboxylic acids is 1. The van der Waals surface area contributed by atoms with E-state index in [1.165, 1.54) is 11.8 Å². The number of hydrogen-bond donors (Lipinski definition) is 1. The van der Waals surface area contributed by atoms with E-state index in [1.54, 1.807) is 16.7 Å². The molecule has 0 aliphatic heterocycles. The van der Waals surface area contributed by atoms with Gasteiger partial charge in [0.15, 0.2) is 5.16 Å². The highest BCUT2D eigenvalue weighted by Crippen LogP contribution is 2.21. The van der Waals surface area contributed by atoms with E-state index in [4.69, 9.17) is 0 Å². The van der Waals surface area contributed by atoms with Gasteiger partial charge in [-0.2, -0.15) is 0 Å². The molecule has 1 N–H and O–H groups in total. The lowest BCUT2D eigenvalue weighted by Crippen LogP contribution is -2.23. The zero-order chi connectivity index (χ0) is 18.7. The number of amides is 1. The number of benzene rings is 2. The van der Waals surface area contributed by atoms with Crippen LogP contribution in [0.5, 0.6) is 0 Å². The topological polar surface area (TPSA) is 64.0 Å². The van der Waals surface area contributed by atoms with E-state index in [2.05, 4.69) is 42.2 Å². The Labute approximate surface area is 171 Å². The molecule has 0 bridgehead atoms. The van der Waals surface area contributed by atoms with Crippen LogP contribution in [0.3, 0.4) is 0 Å². The van der Waals surface area contributed by atoms with Gasteiger partial charge in [0.25, 0.3) is 5.56 Å². The molecule has 0 fully saturated rings. The lowest BCUT2D eigenvalue weighted by molar-refractivity contribution is -0.113. The third kappa shape index (κ3) is 4.36. The van der Waals surface area contributed by atoms with Crippen LogP contribution in [0.1, 0.15) is 6.92 Å². The molecule has 3 rings (SSSR count). The van der Waals surface area contributed by atoms with Crippen LogP contribution in [-0.2, 0) is 11.3 Å². The van der Waals surface area contributed by atoms with E-state index in [0.29, 0.717) is 22.6 Å². The van der Waals surface area contributed by atoms with Crippen molar-refractivity contribution < 1.29 is 4.79 Å². The SMILES string of the molecule is CCn1c(SCC(=O)Nc2ccc(Br)cc2)nc2ccc(Br)cc2c1=O. The van der Waals surface area contributed by atoms with Crippen molar-refractivity contribution in [1.29, 1.82) is 0 Å². The van der Waals surface area contributed by atoms with Crippen LogP contribution in [0.2, 0.25) is 0 Å². The first-order valence-corrected chi connectivity index (χ1v) is 10.4. The predicted molar refractivity (Wildman–Crippen MR) is 113 cm³/mol. The number of carbonyl (C=O) groups is 1. The summed E-state index contributed by atoms with van der Waals surface area (Å²) in [6.07, 6.45) is 0. The van der Waals surface area contributed by atoms with Gasteiger partial charge in [0.1, 0.15) is 0 Å². The summed E-state index contributed by atoms with van der Waals surface area (Å²) in [7, 11) is 0. The van der Waals surface area contributed by atoms with Gasteiger partial charge in [0.05, 0.1) is 16.7 Å². The van der Waals surface area contributed by atoms with E-state index >= 15 is 0 Å². The summed E-state index contributed by atoms with van der Waals surface area (Å²) >= 11 is 7.99. The maximum atomic E-state index is 12.7. The van der Waals surface area contributed by atoms with Crippen LogP contribution in [0.4, 0.5) is 5.69 Å². The van der Waals surface area contributed by atoms with Gasteiger partial charge in [-0.05, 0) is 49.4 Å². The standard InChI is InChI=1S/C18H15Br2N3O2S/c1-2-23-17(25)14-9-12(20)5-8-15(14)22-18(23)26-10-16(24)21-13-6-3-11(19)4-7-13/h3-9H,2,10H2,1H3,(H,21,24). The van der Waals surface area contributed by atoms with Gasteiger partial charge in [-0.15, -0.1) is 0 Å². The number of thioether (sulfide) groups is 1. The normalized spacial score (nSPS) is 10.9. The van der Waals surface area contributed by atoms with Crippen LogP contribution in [-0.4, -0.2) is 21.2 Å². The molecule has 1 aromatic heterocycles. The number of anilines is 1. The average Bonchev–Trinajstić information content (AvgIpc) is 2.62. The number of fused-ring (bicyclic) bond motifs is 1. The first-order chi connectivity index (χ1) is 12.5. The minimum atomic E-state index is -0.148. The second-order valence-electron chi connectivity index (χ2n) is 5.45. The van der Waals surface area contributed by atoms with E-state index in [9.17, 15) is 9.59 Å². The second kappa shape index (κ2) is 8.37. The molecule has 0 spiro atoms. The Hall–Kier alpha value is -1.64. The van der Waals surface area contributed by atoms with E-state index < -0.39 is 0 Å². The van der Waals surface area contributed by atoms with Crippen LogP contribution < -0.4 is 10.9 Å². The van der Waals surface area contributed by atoms with Crippen molar-refractivity contribution in [2.75, 3.05) is 11.1 Å². The zero-order valence-electron chi connectivity index (χ0n) is 13.8. The molecule has 8 heteroatoms. The van der Waals surface area contributed by atoms with Gasteiger partial charge in [-0.25, -0.2) is 4.98 Å². The van der Waals surface area contributed by atoms with Gasteiger partial charge < -0.3 is 5.32 Å². The average molecular weight is 497 g/mol.